The number of hydrogen-bond donors (Lipinski definition) is 1. The van der Waals surface area contributed by atoms with Gasteiger partial charge in [0.15, 0.2) is 0 Å². The van der Waals surface area contributed by atoms with E-state index in [4.69, 9.17) is 9.47 Å². The first-order valence-electron chi connectivity index (χ1n) is 6.32. The Morgan fingerprint density at radius 1 is 0.789 bits per heavy atom. The molecule has 0 saturated heterocycles. The normalized spacial score (nSPS) is 10.0. The zero-order chi connectivity index (χ0) is 13.5. The van der Waals surface area contributed by atoms with Crippen molar-refractivity contribution in [1.29, 1.82) is 0 Å². The molecule has 0 fully saturated rings. The summed E-state index contributed by atoms with van der Waals surface area (Å²) in [6.07, 6.45) is 0.982. The van der Waals surface area contributed by atoms with Crippen molar-refractivity contribution in [3.63, 3.8) is 0 Å². The van der Waals surface area contributed by atoms with Crippen LogP contribution in [0.4, 0.5) is 5.69 Å². The van der Waals surface area contributed by atoms with Crippen LogP contribution in [0, 0.1) is 0 Å². The van der Waals surface area contributed by atoms with Crippen LogP contribution in [0.15, 0.2) is 48.5 Å². The largest absolute Gasteiger partial charge is 0.497 e. The lowest BCUT2D eigenvalue weighted by Gasteiger charge is -2.08. The molecule has 0 bridgehead atoms. The summed E-state index contributed by atoms with van der Waals surface area (Å²) in [7, 11) is 3.35. The van der Waals surface area contributed by atoms with Crippen molar-refractivity contribution >= 4 is 5.69 Å². The number of methoxy groups -OCH3 is 2. The first-order chi connectivity index (χ1) is 9.31. The summed E-state index contributed by atoms with van der Waals surface area (Å²) < 4.78 is 10.3. The van der Waals surface area contributed by atoms with Crippen LogP contribution in [0.5, 0.6) is 11.5 Å². The Hall–Kier alpha value is -2.16. The van der Waals surface area contributed by atoms with Crippen LogP contribution < -0.4 is 14.8 Å². The lowest BCUT2D eigenvalue weighted by molar-refractivity contribution is 0.414. The Labute approximate surface area is 114 Å². The van der Waals surface area contributed by atoms with E-state index < -0.39 is 0 Å². The second kappa shape index (κ2) is 6.69. The van der Waals surface area contributed by atoms with E-state index in [0.29, 0.717) is 0 Å². The summed E-state index contributed by atoms with van der Waals surface area (Å²) in [6.45, 7) is 0.901. The Balaban J connectivity index is 1.81. The molecule has 0 radical (unpaired) electrons. The topological polar surface area (TPSA) is 30.5 Å². The number of anilines is 1. The van der Waals surface area contributed by atoms with Gasteiger partial charge in [-0.1, -0.05) is 12.1 Å². The molecule has 100 valence electrons. The van der Waals surface area contributed by atoms with Gasteiger partial charge >= 0.3 is 0 Å². The smallest absolute Gasteiger partial charge is 0.119 e. The van der Waals surface area contributed by atoms with Crippen molar-refractivity contribution < 1.29 is 9.47 Å². The molecule has 3 nitrogen and oxygen atoms in total. The highest BCUT2D eigenvalue weighted by atomic mass is 16.5. The van der Waals surface area contributed by atoms with Gasteiger partial charge in [-0.25, -0.2) is 0 Å². The average molecular weight is 257 g/mol. The van der Waals surface area contributed by atoms with E-state index in [2.05, 4.69) is 17.4 Å². The molecule has 0 unspecified atom stereocenters. The molecular weight excluding hydrogens is 238 g/mol. The summed E-state index contributed by atoms with van der Waals surface area (Å²) in [5, 5.41) is 3.39. The Kier molecular flexibility index (Phi) is 4.67. The van der Waals surface area contributed by atoms with Crippen molar-refractivity contribution in [2.24, 2.45) is 0 Å². The lowest BCUT2D eigenvalue weighted by Crippen LogP contribution is -2.04. The molecule has 2 rings (SSSR count). The zero-order valence-corrected chi connectivity index (χ0v) is 11.3. The second-order valence-corrected chi connectivity index (χ2v) is 4.25. The first kappa shape index (κ1) is 13.3. The Bertz CT molecular complexity index is 444. The molecule has 0 aliphatic rings. The molecule has 0 aliphatic carbocycles. The molecule has 0 aromatic heterocycles. The number of nitrogens with one attached hydrogen (secondary N) is 1. The molecule has 0 saturated carbocycles. The van der Waals surface area contributed by atoms with E-state index in [9.17, 15) is 0 Å². The molecule has 1 N–H and O–H groups in total. The summed E-state index contributed by atoms with van der Waals surface area (Å²) in [4.78, 5) is 0. The second-order valence-electron chi connectivity index (χ2n) is 4.25. The van der Waals surface area contributed by atoms with Crippen LogP contribution in [0.2, 0.25) is 0 Å². The molecule has 19 heavy (non-hydrogen) atoms. The number of benzene rings is 2. The monoisotopic (exact) mass is 257 g/mol. The lowest BCUT2D eigenvalue weighted by atomic mass is 10.1. The summed E-state index contributed by atoms with van der Waals surface area (Å²) in [5.74, 6) is 1.77. The van der Waals surface area contributed by atoms with Crippen LogP contribution in [-0.2, 0) is 6.42 Å². The van der Waals surface area contributed by atoms with Crippen LogP contribution >= 0.6 is 0 Å². The van der Waals surface area contributed by atoms with Gasteiger partial charge in [0.05, 0.1) is 14.2 Å². The minimum Gasteiger partial charge on any atom is -0.497 e. The van der Waals surface area contributed by atoms with E-state index in [1.165, 1.54) is 5.56 Å². The van der Waals surface area contributed by atoms with E-state index in [-0.39, 0.29) is 0 Å². The van der Waals surface area contributed by atoms with Gasteiger partial charge in [-0.05, 0) is 48.4 Å². The highest BCUT2D eigenvalue weighted by Crippen LogP contribution is 2.15. The van der Waals surface area contributed by atoms with Gasteiger partial charge in [-0.15, -0.1) is 0 Å². The maximum atomic E-state index is 5.14. The Morgan fingerprint density at radius 2 is 1.32 bits per heavy atom. The van der Waals surface area contributed by atoms with Gasteiger partial charge in [0.1, 0.15) is 11.5 Å². The molecule has 2 aromatic rings. The van der Waals surface area contributed by atoms with Crippen molar-refractivity contribution in [1.82, 2.24) is 0 Å². The maximum absolute atomic E-state index is 5.14. The molecule has 0 spiro atoms. The van der Waals surface area contributed by atoms with E-state index in [1.54, 1.807) is 14.2 Å². The van der Waals surface area contributed by atoms with Crippen molar-refractivity contribution in [3.05, 3.63) is 54.1 Å². The highest BCUT2D eigenvalue weighted by molar-refractivity contribution is 5.46. The summed E-state index contributed by atoms with van der Waals surface area (Å²) >= 11 is 0. The molecule has 3 heteroatoms. The predicted molar refractivity (Wildman–Crippen MR) is 78.2 cm³/mol. The zero-order valence-electron chi connectivity index (χ0n) is 11.3. The van der Waals surface area contributed by atoms with E-state index >= 15 is 0 Å². The predicted octanol–water partition coefficient (Wildman–Crippen LogP) is 3.36. The number of hydrogen-bond acceptors (Lipinski definition) is 3. The maximum Gasteiger partial charge on any atom is 0.119 e. The summed E-state index contributed by atoms with van der Waals surface area (Å²) in [6, 6.07) is 16.1. The van der Waals surface area contributed by atoms with Crippen LogP contribution in [0.3, 0.4) is 0 Å². The van der Waals surface area contributed by atoms with Crippen molar-refractivity contribution in [2.45, 2.75) is 6.42 Å². The molecule has 0 amide bonds. The fourth-order valence-electron chi connectivity index (χ4n) is 1.85. The minimum atomic E-state index is 0.876. The first-order valence-corrected chi connectivity index (χ1v) is 6.32. The molecule has 0 aliphatic heterocycles. The van der Waals surface area contributed by atoms with Crippen LogP contribution in [-0.4, -0.2) is 20.8 Å². The number of ether oxygens (including phenoxy) is 2. The molecule has 2 aromatic carbocycles. The van der Waals surface area contributed by atoms with Gasteiger partial charge in [0.2, 0.25) is 0 Å². The third-order valence-corrected chi connectivity index (χ3v) is 2.99. The SMILES string of the molecule is COc1ccc(CCNc2ccc(OC)cc2)cc1. The van der Waals surface area contributed by atoms with Gasteiger partial charge in [0.25, 0.3) is 0 Å². The van der Waals surface area contributed by atoms with E-state index in [0.717, 1.165) is 30.2 Å². The standard InChI is InChI=1S/C16H19NO2/c1-18-15-7-3-13(4-8-15)11-12-17-14-5-9-16(19-2)10-6-14/h3-10,17H,11-12H2,1-2H3. The van der Waals surface area contributed by atoms with E-state index in [1.807, 2.05) is 36.4 Å². The van der Waals surface area contributed by atoms with Gasteiger partial charge in [-0.2, -0.15) is 0 Å². The molecule has 0 atom stereocenters. The quantitative estimate of drug-likeness (QED) is 0.860. The Morgan fingerprint density at radius 3 is 1.84 bits per heavy atom. The molecular formula is C16H19NO2. The van der Waals surface area contributed by atoms with Crippen molar-refractivity contribution in [3.8, 4) is 11.5 Å². The third-order valence-electron chi connectivity index (χ3n) is 2.99. The minimum absolute atomic E-state index is 0.876. The van der Waals surface area contributed by atoms with Gasteiger partial charge < -0.3 is 14.8 Å². The van der Waals surface area contributed by atoms with Crippen molar-refractivity contribution in [2.75, 3.05) is 26.1 Å². The van der Waals surface area contributed by atoms with Crippen LogP contribution in [0.1, 0.15) is 5.56 Å². The molecule has 0 heterocycles. The fraction of sp³-hybridized carbons (Fsp3) is 0.250. The fourth-order valence-corrected chi connectivity index (χ4v) is 1.85. The summed E-state index contributed by atoms with van der Waals surface area (Å²) in [5.41, 5.74) is 2.40. The third kappa shape index (κ3) is 3.91. The number of rotatable bonds is 6. The van der Waals surface area contributed by atoms with Gasteiger partial charge in [0, 0.05) is 12.2 Å². The average Bonchev–Trinajstić information content (AvgIpc) is 2.49. The highest BCUT2D eigenvalue weighted by Gasteiger charge is 1.96. The van der Waals surface area contributed by atoms with Crippen LogP contribution in [0.25, 0.3) is 0 Å². The van der Waals surface area contributed by atoms with Gasteiger partial charge in [-0.3, -0.25) is 0 Å².